The van der Waals surface area contributed by atoms with Crippen molar-refractivity contribution in [2.75, 3.05) is 11.1 Å². The summed E-state index contributed by atoms with van der Waals surface area (Å²) in [5.41, 5.74) is 2.57. The fourth-order valence-electron chi connectivity index (χ4n) is 2.44. The van der Waals surface area contributed by atoms with Crippen molar-refractivity contribution in [3.8, 4) is 5.69 Å². The first kappa shape index (κ1) is 18.5. The first-order chi connectivity index (χ1) is 13.0. The molecule has 0 aliphatic rings. The highest BCUT2D eigenvalue weighted by Gasteiger charge is 2.17. The van der Waals surface area contributed by atoms with E-state index in [1.165, 1.54) is 12.1 Å². The van der Waals surface area contributed by atoms with Gasteiger partial charge in [0.2, 0.25) is 11.1 Å². The average molecular weight is 384 g/mol. The second-order valence-electron chi connectivity index (χ2n) is 5.77. The summed E-state index contributed by atoms with van der Waals surface area (Å²) in [7, 11) is 0. The fraction of sp³-hybridized carbons (Fsp3) is 0.176. The SMILES string of the molecule is Cc1ccc(NC(=O)CSc2nnnn2-c2ccccc2C)c([N+](=O)[O-])c1. The van der Waals surface area contributed by atoms with E-state index in [1.54, 1.807) is 17.7 Å². The van der Waals surface area contributed by atoms with Crippen molar-refractivity contribution < 1.29 is 9.72 Å². The number of nitrogens with zero attached hydrogens (tertiary/aromatic N) is 5. The molecule has 0 atom stereocenters. The molecule has 0 fully saturated rings. The number of amides is 1. The molecular formula is C17H16N6O3S. The molecule has 3 rings (SSSR count). The Bertz CT molecular complexity index is 1000. The van der Waals surface area contributed by atoms with Gasteiger partial charge >= 0.3 is 0 Å². The summed E-state index contributed by atoms with van der Waals surface area (Å²) in [4.78, 5) is 22.9. The average Bonchev–Trinajstić information content (AvgIpc) is 3.10. The zero-order valence-electron chi connectivity index (χ0n) is 14.6. The van der Waals surface area contributed by atoms with Gasteiger partial charge in [-0.25, -0.2) is 0 Å². The number of hydrogen-bond donors (Lipinski definition) is 1. The van der Waals surface area contributed by atoms with Crippen molar-refractivity contribution in [1.82, 2.24) is 20.2 Å². The Hall–Kier alpha value is -3.27. The third-order valence-electron chi connectivity index (χ3n) is 3.74. The predicted octanol–water partition coefficient (Wildman–Crippen LogP) is 2.92. The molecule has 9 nitrogen and oxygen atoms in total. The first-order valence-electron chi connectivity index (χ1n) is 7.98. The number of benzene rings is 2. The van der Waals surface area contributed by atoms with E-state index in [1.807, 2.05) is 31.2 Å². The minimum Gasteiger partial charge on any atom is -0.320 e. The van der Waals surface area contributed by atoms with Crippen molar-refractivity contribution >= 4 is 29.0 Å². The number of anilines is 1. The molecule has 0 aliphatic heterocycles. The third-order valence-corrected chi connectivity index (χ3v) is 4.66. The lowest BCUT2D eigenvalue weighted by Crippen LogP contribution is -2.15. The maximum Gasteiger partial charge on any atom is 0.293 e. The highest BCUT2D eigenvalue weighted by Crippen LogP contribution is 2.26. The number of nitro groups is 1. The standard InChI is InChI=1S/C17H16N6O3S/c1-11-7-8-13(15(9-11)23(25)26)18-16(24)10-27-17-19-20-21-22(17)14-6-4-3-5-12(14)2/h3-9H,10H2,1-2H3,(H,18,24). The highest BCUT2D eigenvalue weighted by atomic mass is 32.2. The van der Waals surface area contributed by atoms with E-state index in [4.69, 9.17) is 0 Å². The number of rotatable bonds is 6. The van der Waals surface area contributed by atoms with Gasteiger partial charge in [-0.15, -0.1) is 5.10 Å². The van der Waals surface area contributed by atoms with Crippen LogP contribution in [-0.4, -0.2) is 36.8 Å². The van der Waals surface area contributed by atoms with Gasteiger partial charge in [-0.1, -0.05) is 36.0 Å². The van der Waals surface area contributed by atoms with Crippen LogP contribution in [0, 0.1) is 24.0 Å². The quantitative estimate of drug-likeness (QED) is 0.394. The first-order valence-corrected chi connectivity index (χ1v) is 8.96. The molecule has 1 amide bonds. The highest BCUT2D eigenvalue weighted by molar-refractivity contribution is 7.99. The van der Waals surface area contributed by atoms with E-state index in [0.29, 0.717) is 5.16 Å². The summed E-state index contributed by atoms with van der Waals surface area (Å²) in [6, 6.07) is 12.3. The van der Waals surface area contributed by atoms with Crippen molar-refractivity contribution in [1.29, 1.82) is 0 Å². The maximum atomic E-state index is 12.2. The number of carbonyl (C=O) groups is 1. The largest absolute Gasteiger partial charge is 0.320 e. The lowest BCUT2D eigenvalue weighted by atomic mass is 10.2. The van der Waals surface area contributed by atoms with Gasteiger partial charge in [-0.2, -0.15) is 4.68 Å². The molecule has 0 aliphatic carbocycles. The number of para-hydroxylation sites is 1. The molecule has 0 spiro atoms. The fourth-order valence-corrected chi connectivity index (χ4v) is 3.12. The second kappa shape index (κ2) is 7.96. The Morgan fingerprint density at radius 3 is 2.78 bits per heavy atom. The number of aryl methyl sites for hydroxylation is 2. The van der Waals surface area contributed by atoms with Crippen molar-refractivity contribution in [2.24, 2.45) is 0 Å². The topological polar surface area (TPSA) is 116 Å². The van der Waals surface area contributed by atoms with Gasteiger partial charge in [0.15, 0.2) is 0 Å². The van der Waals surface area contributed by atoms with Crippen LogP contribution in [0.15, 0.2) is 47.6 Å². The number of carbonyl (C=O) groups excluding carboxylic acids is 1. The van der Waals surface area contributed by atoms with Gasteiger partial charge in [0.1, 0.15) is 5.69 Å². The zero-order valence-corrected chi connectivity index (χ0v) is 15.4. The van der Waals surface area contributed by atoms with Crippen LogP contribution < -0.4 is 5.32 Å². The number of nitrogens with one attached hydrogen (secondary N) is 1. The lowest BCUT2D eigenvalue weighted by molar-refractivity contribution is -0.384. The van der Waals surface area contributed by atoms with E-state index in [0.717, 1.165) is 28.6 Å². The Morgan fingerprint density at radius 1 is 1.26 bits per heavy atom. The second-order valence-corrected chi connectivity index (χ2v) is 6.72. The predicted molar refractivity (Wildman–Crippen MR) is 101 cm³/mol. The molecule has 0 saturated heterocycles. The van der Waals surface area contributed by atoms with E-state index in [2.05, 4.69) is 20.8 Å². The van der Waals surface area contributed by atoms with Crippen molar-refractivity contribution in [2.45, 2.75) is 19.0 Å². The Labute approximate surface area is 158 Å². The van der Waals surface area contributed by atoms with Gasteiger partial charge < -0.3 is 5.32 Å². The number of thioether (sulfide) groups is 1. The van der Waals surface area contributed by atoms with Gasteiger partial charge in [0, 0.05) is 6.07 Å². The van der Waals surface area contributed by atoms with E-state index < -0.39 is 4.92 Å². The van der Waals surface area contributed by atoms with Crippen LogP contribution in [0.1, 0.15) is 11.1 Å². The molecule has 2 aromatic carbocycles. The van der Waals surface area contributed by atoms with Crippen LogP contribution in [0.25, 0.3) is 5.69 Å². The molecule has 3 aromatic rings. The monoisotopic (exact) mass is 384 g/mol. The van der Waals surface area contributed by atoms with E-state index in [-0.39, 0.29) is 23.0 Å². The zero-order chi connectivity index (χ0) is 19.4. The summed E-state index contributed by atoms with van der Waals surface area (Å²) in [6.45, 7) is 3.69. The van der Waals surface area contributed by atoms with Crippen molar-refractivity contribution in [3.63, 3.8) is 0 Å². The van der Waals surface area contributed by atoms with Crippen molar-refractivity contribution in [3.05, 3.63) is 63.7 Å². The van der Waals surface area contributed by atoms with Gasteiger partial charge in [-0.05, 0) is 47.5 Å². The molecule has 0 radical (unpaired) electrons. The minimum atomic E-state index is -0.519. The van der Waals surface area contributed by atoms with Crippen LogP contribution in [-0.2, 0) is 4.79 Å². The number of hydrogen-bond acceptors (Lipinski definition) is 7. The smallest absolute Gasteiger partial charge is 0.293 e. The molecule has 10 heteroatoms. The molecule has 0 saturated carbocycles. The summed E-state index contributed by atoms with van der Waals surface area (Å²) >= 11 is 1.15. The van der Waals surface area contributed by atoms with Gasteiger partial charge in [0.05, 0.1) is 16.4 Å². The van der Waals surface area contributed by atoms with E-state index >= 15 is 0 Å². The molecule has 1 N–H and O–H groups in total. The summed E-state index contributed by atoms with van der Waals surface area (Å²) in [5.74, 6) is -0.372. The summed E-state index contributed by atoms with van der Waals surface area (Å²) in [6.07, 6.45) is 0. The third kappa shape index (κ3) is 4.29. The minimum absolute atomic E-state index is 0.0112. The maximum absolute atomic E-state index is 12.2. The normalized spacial score (nSPS) is 10.6. The van der Waals surface area contributed by atoms with Crippen LogP contribution in [0.3, 0.4) is 0 Å². The van der Waals surface area contributed by atoms with Gasteiger partial charge in [-0.3, -0.25) is 14.9 Å². The molecule has 0 unspecified atom stereocenters. The number of tetrazole rings is 1. The molecule has 0 bridgehead atoms. The Morgan fingerprint density at radius 2 is 2.04 bits per heavy atom. The molecule has 27 heavy (non-hydrogen) atoms. The molecule has 1 heterocycles. The summed E-state index contributed by atoms with van der Waals surface area (Å²) in [5, 5.41) is 25.8. The Kier molecular flexibility index (Phi) is 5.46. The van der Waals surface area contributed by atoms with Crippen LogP contribution in [0.2, 0.25) is 0 Å². The number of aromatic nitrogens is 4. The lowest BCUT2D eigenvalue weighted by Gasteiger charge is -2.08. The molecular weight excluding hydrogens is 368 g/mol. The van der Waals surface area contributed by atoms with Crippen LogP contribution in [0.5, 0.6) is 0 Å². The van der Waals surface area contributed by atoms with Crippen LogP contribution >= 0.6 is 11.8 Å². The molecule has 1 aromatic heterocycles. The van der Waals surface area contributed by atoms with E-state index in [9.17, 15) is 14.9 Å². The summed E-state index contributed by atoms with van der Waals surface area (Å²) < 4.78 is 1.56. The molecule has 138 valence electrons. The number of nitro benzene ring substituents is 1. The Balaban J connectivity index is 1.71. The van der Waals surface area contributed by atoms with Crippen LogP contribution in [0.4, 0.5) is 11.4 Å². The van der Waals surface area contributed by atoms with Gasteiger partial charge in [0.25, 0.3) is 5.69 Å².